The number of fused-ring (bicyclic) bond motifs is 4. The van der Waals surface area contributed by atoms with Crippen LogP contribution in [0, 0.1) is 0 Å². The van der Waals surface area contributed by atoms with Crippen molar-refractivity contribution in [2.24, 2.45) is 0 Å². The van der Waals surface area contributed by atoms with E-state index in [0.29, 0.717) is 0 Å². The molecule has 5 aliphatic rings. The van der Waals surface area contributed by atoms with Gasteiger partial charge in [0.2, 0.25) is 0 Å². The molecule has 0 aromatic heterocycles. The normalized spacial score (nSPS) is 36.0. The highest BCUT2D eigenvalue weighted by Gasteiger charge is 2.26. The summed E-state index contributed by atoms with van der Waals surface area (Å²) >= 11 is 0. The molecule has 0 radical (unpaired) electrons. The van der Waals surface area contributed by atoms with E-state index in [2.05, 4.69) is 24.3 Å². The number of rotatable bonds is 0. The second kappa shape index (κ2) is 16.5. The lowest BCUT2D eigenvalue weighted by Crippen LogP contribution is -2.20. The first-order valence-electron chi connectivity index (χ1n) is 11.7. The smallest absolute Gasteiger partial charge is 0.0234 e. The third-order valence-corrected chi connectivity index (χ3v) is 10.9. The molecule has 4 fully saturated rings. The number of allylic oxidation sites excluding steroid dienone is 4. The van der Waals surface area contributed by atoms with Crippen molar-refractivity contribution in [1.82, 2.24) is 0 Å². The van der Waals surface area contributed by atoms with Crippen molar-refractivity contribution in [3.05, 3.63) is 24.3 Å². The summed E-state index contributed by atoms with van der Waals surface area (Å²) in [7, 11) is 2.71. The van der Waals surface area contributed by atoms with Crippen LogP contribution in [0.1, 0.15) is 110 Å². The zero-order chi connectivity index (χ0) is 17.9. The topological polar surface area (TPSA) is 0 Å². The van der Waals surface area contributed by atoms with Gasteiger partial charge in [0, 0.05) is 0 Å². The fraction of sp³-hybridized carbons (Fsp3) is 0.840. The summed E-state index contributed by atoms with van der Waals surface area (Å²) in [6.45, 7) is 0. The van der Waals surface area contributed by atoms with Crippen molar-refractivity contribution in [2.45, 2.75) is 133 Å². The lowest BCUT2D eigenvalue weighted by atomic mass is 9.99. The van der Waals surface area contributed by atoms with Gasteiger partial charge >= 0.3 is 0 Å². The molecular weight excluding hydrogens is 393 g/mol. The Kier molecular flexibility index (Phi) is 15.8. The van der Waals surface area contributed by atoms with Crippen LogP contribution in [0.5, 0.6) is 0 Å². The predicted octanol–water partition coefficient (Wildman–Crippen LogP) is 8.91. The van der Waals surface area contributed by atoms with Gasteiger partial charge in [-0.15, -0.1) is 17.2 Å². The quantitative estimate of drug-likeness (QED) is 0.259. The van der Waals surface area contributed by atoms with Gasteiger partial charge in [-0.05, 0) is 99.7 Å². The van der Waals surface area contributed by atoms with Gasteiger partial charge in [0.1, 0.15) is 0 Å². The maximum atomic E-state index is 2.27. The lowest BCUT2D eigenvalue weighted by molar-refractivity contribution is 0.483. The fourth-order valence-electron chi connectivity index (χ4n) is 5.17. The van der Waals surface area contributed by atoms with E-state index in [0.717, 1.165) is 0 Å². The standard InChI is InChI=1S/2C8H15P.C8H12.CH4.H3P/c1-3-7-5-2-6-8(4-1)9-7;1-2-4-8-6-5-7(3-1)9-8;1-2-4-6-8-7-5-3-1;;/h2*7-9H,1-6H2;1-2,7-8H,3-6H2;1H4;1H3/b;;2-1-,8-7?;;. The Hall–Kier alpha value is 0.770. The first-order valence-corrected chi connectivity index (χ1v) is 14.0. The minimum atomic E-state index is 0. The van der Waals surface area contributed by atoms with Gasteiger partial charge in [0.15, 0.2) is 0 Å². The molecular formula is C25H49P3. The van der Waals surface area contributed by atoms with E-state index in [1.807, 2.05) is 0 Å². The largest absolute Gasteiger partial charge is 0.153 e. The Balaban J connectivity index is 0.000000203. The van der Waals surface area contributed by atoms with Crippen LogP contribution in [0.25, 0.3) is 0 Å². The van der Waals surface area contributed by atoms with E-state index in [4.69, 9.17) is 0 Å². The molecule has 0 aromatic carbocycles. The van der Waals surface area contributed by atoms with Crippen LogP contribution >= 0.6 is 27.1 Å². The third kappa shape index (κ3) is 10.7. The highest BCUT2D eigenvalue weighted by Crippen LogP contribution is 2.47. The summed E-state index contributed by atoms with van der Waals surface area (Å²) in [5.41, 5.74) is 4.71. The molecule has 4 heterocycles. The molecule has 4 aliphatic heterocycles. The van der Waals surface area contributed by atoms with Crippen LogP contribution in [0.2, 0.25) is 0 Å². The van der Waals surface area contributed by atoms with Crippen molar-refractivity contribution >= 4 is 27.1 Å². The van der Waals surface area contributed by atoms with Gasteiger partial charge in [0.25, 0.3) is 0 Å². The molecule has 3 unspecified atom stereocenters. The number of hydrogen-bond acceptors (Lipinski definition) is 0. The molecule has 0 N–H and O–H groups in total. The Morgan fingerprint density at radius 1 is 0.429 bits per heavy atom. The van der Waals surface area contributed by atoms with Crippen LogP contribution in [-0.2, 0) is 0 Å². The second-order valence-electron chi connectivity index (χ2n) is 8.94. The van der Waals surface area contributed by atoms with Gasteiger partial charge in [-0.25, -0.2) is 0 Å². The van der Waals surface area contributed by atoms with Crippen LogP contribution in [0.15, 0.2) is 24.3 Å². The Morgan fingerprint density at radius 2 is 0.714 bits per heavy atom. The molecule has 0 amide bonds. The van der Waals surface area contributed by atoms with Crippen LogP contribution in [0.4, 0.5) is 0 Å². The summed E-state index contributed by atoms with van der Waals surface area (Å²) in [5.74, 6) is 0. The molecule has 0 nitrogen and oxygen atoms in total. The van der Waals surface area contributed by atoms with E-state index in [9.17, 15) is 0 Å². The van der Waals surface area contributed by atoms with Gasteiger partial charge in [-0.1, -0.05) is 57.4 Å². The SMILES string of the molecule is C.C1=CCC/C=C\CC1.C1CC2CCCC(C1)P2.C1CCC2CCC(C1)P2.P. The first-order chi connectivity index (χ1) is 12.9. The van der Waals surface area contributed by atoms with E-state index >= 15 is 0 Å². The summed E-state index contributed by atoms with van der Waals surface area (Å²) in [5, 5.41) is 0. The average Bonchev–Trinajstić information content (AvgIpc) is 2.93. The number of hydrogen-bond donors (Lipinski definition) is 0. The highest BCUT2D eigenvalue weighted by molar-refractivity contribution is 7.40. The van der Waals surface area contributed by atoms with Crippen LogP contribution in [-0.4, -0.2) is 22.6 Å². The molecule has 0 spiro atoms. The monoisotopic (exact) mass is 442 g/mol. The lowest BCUT2D eigenvalue weighted by Gasteiger charge is -2.34. The molecule has 3 atom stereocenters. The summed E-state index contributed by atoms with van der Waals surface area (Å²) in [6, 6.07) is 0. The summed E-state index contributed by atoms with van der Waals surface area (Å²) in [6.07, 6.45) is 32.7. The maximum absolute atomic E-state index is 2.27. The summed E-state index contributed by atoms with van der Waals surface area (Å²) < 4.78 is 0. The zero-order valence-electron chi connectivity index (χ0n) is 17.6. The molecule has 1 aliphatic carbocycles. The van der Waals surface area contributed by atoms with Crippen molar-refractivity contribution in [2.75, 3.05) is 0 Å². The fourth-order valence-corrected chi connectivity index (χ4v) is 9.40. The van der Waals surface area contributed by atoms with E-state index < -0.39 is 0 Å². The van der Waals surface area contributed by atoms with Crippen molar-refractivity contribution < 1.29 is 0 Å². The minimum absolute atomic E-state index is 0. The molecule has 4 saturated heterocycles. The van der Waals surface area contributed by atoms with E-state index in [-0.39, 0.29) is 17.3 Å². The van der Waals surface area contributed by atoms with Gasteiger partial charge in [-0.3, -0.25) is 0 Å². The molecule has 28 heavy (non-hydrogen) atoms. The van der Waals surface area contributed by atoms with Gasteiger partial charge in [-0.2, -0.15) is 9.90 Å². The predicted molar refractivity (Wildman–Crippen MR) is 142 cm³/mol. The van der Waals surface area contributed by atoms with Crippen LogP contribution in [0.3, 0.4) is 0 Å². The van der Waals surface area contributed by atoms with Crippen molar-refractivity contribution in [3.8, 4) is 0 Å². The maximum Gasteiger partial charge on any atom is -0.0234 e. The zero-order valence-corrected chi connectivity index (χ0v) is 21.1. The molecule has 0 aromatic rings. The molecule has 0 saturated carbocycles. The molecule has 3 heteroatoms. The second-order valence-corrected chi connectivity index (χ2v) is 12.9. The van der Waals surface area contributed by atoms with Gasteiger partial charge in [0.05, 0.1) is 0 Å². The Morgan fingerprint density at radius 3 is 1.07 bits per heavy atom. The molecule has 4 bridgehead atoms. The first kappa shape index (κ1) is 26.8. The third-order valence-electron chi connectivity index (χ3n) is 6.71. The Bertz CT molecular complexity index is 366. The van der Waals surface area contributed by atoms with Gasteiger partial charge < -0.3 is 0 Å². The van der Waals surface area contributed by atoms with Crippen molar-refractivity contribution in [1.29, 1.82) is 0 Å². The van der Waals surface area contributed by atoms with E-state index in [1.54, 1.807) is 64.2 Å². The van der Waals surface area contributed by atoms with E-state index in [1.165, 1.54) is 78.3 Å². The average molecular weight is 443 g/mol. The summed E-state index contributed by atoms with van der Waals surface area (Å²) in [4.78, 5) is 0. The highest BCUT2D eigenvalue weighted by atomic mass is 31.1. The molecule has 164 valence electrons. The van der Waals surface area contributed by atoms with Crippen molar-refractivity contribution in [3.63, 3.8) is 0 Å². The molecule has 5 rings (SSSR count). The minimum Gasteiger partial charge on any atom is -0.153 e. The Labute approximate surface area is 184 Å². The van der Waals surface area contributed by atoms with Crippen LogP contribution < -0.4 is 0 Å².